The number of fused-ring (bicyclic) bond motifs is 5. The van der Waals surface area contributed by atoms with Gasteiger partial charge in [-0.15, -0.1) is 47.3 Å². The van der Waals surface area contributed by atoms with Crippen molar-refractivity contribution in [3.8, 4) is 28.7 Å². The van der Waals surface area contributed by atoms with Crippen LogP contribution >= 0.6 is 63.2 Å². The normalized spacial score (nSPS) is 12.0. The van der Waals surface area contributed by atoms with Gasteiger partial charge in [-0.25, -0.2) is 0 Å². The summed E-state index contributed by atoms with van der Waals surface area (Å²) in [7, 11) is 3.76. The summed E-state index contributed by atoms with van der Waals surface area (Å²) < 4.78 is 212. The first-order valence-electron chi connectivity index (χ1n) is 38.4. The van der Waals surface area contributed by atoms with Gasteiger partial charge in [0.25, 0.3) is 29.3 Å². The Morgan fingerprint density at radius 2 is 0.714 bits per heavy atom. The minimum atomic E-state index is -4.63. The van der Waals surface area contributed by atoms with E-state index in [2.05, 4.69) is 104 Å². The van der Waals surface area contributed by atoms with Crippen LogP contribution in [0.3, 0.4) is 0 Å². The Morgan fingerprint density at radius 1 is 0.421 bits per heavy atom. The fourth-order valence-corrected chi connectivity index (χ4v) is 13.1. The number of ether oxygens (including phenoxy) is 4. The van der Waals surface area contributed by atoms with E-state index in [9.17, 15) is 100 Å². The maximum Gasteiger partial charge on any atom is 0.416 e. The first-order valence-corrected chi connectivity index (χ1v) is 42.3. The Balaban J connectivity index is 0.000000224. The second-order valence-corrected chi connectivity index (χ2v) is 35.3. The minimum absolute atomic E-state index is 0. The van der Waals surface area contributed by atoms with Crippen molar-refractivity contribution in [1.82, 2.24) is 24.8 Å². The van der Waals surface area contributed by atoms with Gasteiger partial charge in [0.2, 0.25) is 0 Å². The number of carbonyl (C=O) groups excluding carboxylic acids is 4. The number of aromatic hydroxyl groups is 1. The van der Waals surface area contributed by atoms with Crippen LogP contribution in [0.5, 0.6) is 28.7 Å². The molecule has 0 aliphatic carbocycles. The zero-order valence-corrected chi connectivity index (χ0v) is 79.2. The fraction of sp³-hybridized carbons (Fsp3) is 0.198. The second kappa shape index (κ2) is 47.5. The monoisotopic (exact) mass is 2160 g/mol. The van der Waals surface area contributed by atoms with Gasteiger partial charge in [-0.1, -0.05) is 102 Å². The van der Waals surface area contributed by atoms with Crippen LogP contribution in [0.4, 0.5) is 111 Å². The zero-order chi connectivity index (χ0) is 96.2. The molecule has 15 rings (SSSR count). The topological polar surface area (TPSA) is 276 Å². The molecular weight excluding hydrogens is 2090 g/mol. The molecule has 2 aliphatic heterocycles. The van der Waals surface area contributed by atoms with Gasteiger partial charge in [0.1, 0.15) is 28.7 Å². The number of aryl methyl sites for hydroxylation is 3. The number of phenolic OH excluding ortho intramolecular Hbond substituents is 1. The van der Waals surface area contributed by atoms with Gasteiger partial charge in [0.05, 0.1) is 106 Å². The molecule has 0 spiro atoms. The molecule has 2 aliphatic rings. The second-order valence-electron chi connectivity index (χ2n) is 28.1. The van der Waals surface area contributed by atoms with Crippen LogP contribution in [-0.4, -0.2) is 108 Å². The average molecular weight is 2170 g/mol. The number of para-hydroxylation sites is 3. The number of hydrogen-bond acceptors (Lipinski definition) is 18. The van der Waals surface area contributed by atoms with Crippen LogP contribution in [-0.2, 0) is 50.4 Å². The number of hydrogen-bond donors (Lipinski definition) is 5. The maximum absolute atomic E-state index is 13.6. The third-order valence-corrected chi connectivity index (χ3v) is 19.1. The van der Waals surface area contributed by atoms with E-state index in [1.807, 2.05) is 86.6 Å². The van der Waals surface area contributed by atoms with Crippen molar-refractivity contribution in [2.75, 3.05) is 68.0 Å². The number of nitrogen functional groups attached to an aromatic ring is 1. The number of aromatic nitrogens is 3. The summed E-state index contributed by atoms with van der Waals surface area (Å²) in [5, 5.41) is 32.1. The molecule has 10 aromatic carbocycles. The van der Waals surface area contributed by atoms with Crippen LogP contribution in [0.25, 0.3) is 32.7 Å². The van der Waals surface area contributed by atoms with Crippen LogP contribution in [0.1, 0.15) is 107 Å². The van der Waals surface area contributed by atoms with Crippen molar-refractivity contribution < 1.29 is 133 Å². The largest absolute Gasteiger partial charge is 0.508 e. The van der Waals surface area contributed by atoms with Crippen LogP contribution < -0.4 is 40.6 Å². The van der Waals surface area contributed by atoms with Crippen LogP contribution in [0.2, 0.25) is 0 Å². The van der Waals surface area contributed by atoms with E-state index < -0.39 is 75.1 Å². The van der Waals surface area contributed by atoms with Crippen molar-refractivity contribution in [3.05, 3.63) is 308 Å². The number of pyridine rings is 3. The number of halogens is 19. The number of methoxy groups -OCH3 is 3. The first-order chi connectivity index (χ1) is 61.6. The summed E-state index contributed by atoms with van der Waals surface area (Å²) >= 11 is 12.6. The quantitative estimate of drug-likeness (QED) is 0.00780. The molecule has 0 radical (unpaired) electrons. The van der Waals surface area contributed by atoms with E-state index in [0.29, 0.717) is 69.7 Å². The molecule has 5 heterocycles. The summed E-state index contributed by atoms with van der Waals surface area (Å²) in [5.41, 5.74) is 9.04. The predicted molar refractivity (Wildman–Crippen MR) is 490 cm³/mol. The molecule has 696 valence electrons. The Kier molecular flexibility index (Phi) is 38.5. The number of carbonyl (C=O) groups is 4. The molecule has 0 saturated heterocycles. The zero-order valence-electron chi connectivity index (χ0n) is 69.9. The Hall–Kier alpha value is -12.1. The van der Waals surface area contributed by atoms with Gasteiger partial charge in [0.15, 0.2) is 0 Å². The van der Waals surface area contributed by atoms with Crippen molar-refractivity contribution >= 4 is 168 Å². The number of alkyl halides is 16. The maximum atomic E-state index is 13.6. The van der Waals surface area contributed by atoms with E-state index in [-0.39, 0.29) is 113 Å². The fourth-order valence-electron chi connectivity index (χ4n) is 12.8. The van der Waals surface area contributed by atoms with Crippen LogP contribution in [0.15, 0.2) is 231 Å². The van der Waals surface area contributed by atoms with E-state index in [0.717, 1.165) is 122 Å². The van der Waals surface area contributed by atoms with E-state index in [1.165, 1.54) is 43.4 Å². The summed E-state index contributed by atoms with van der Waals surface area (Å²) in [5.74, 6) is -1.48. The molecule has 0 unspecified atom stereocenters. The molecule has 0 atom stereocenters. The number of anilines is 7. The van der Waals surface area contributed by atoms with Crippen molar-refractivity contribution in [2.45, 2.75) is 71.9 Å². The van der Waals surface area contributed by atoms with Crippen LogP contribution in [0, 0.1) is 30.9 Å². The smallest absolute Gasteiger partial charge is 0.416 e. The third-order valence-electron chi connectivity index (χ3n) is 18.5. The Bertz CT molecular complexity index is 6240. The number of nitrogens with one attached hydrogen (secondary N) is 3. The van der Waals surface area contributed by atoms with Gasteiger partial charge < -0.3 is 45.7 Å². The molecule has 42 heteroatoms. The van der Waals surface area contributed by atoms with Gasteiger partial charge in [-0.2, -0.15) is 65.9 Å². The molecule has 133 heavy (non-hydrogen) atoms. The number of nitrogens with two attached hydrogens (primary N) is 1. The van der Waals surface area contributed by atoms with E-state index >= 15 is 0 Å². The standard InChI is InChI=1S/C28H22F3N3O3.C18H15F3N2O.C17H13F3N2O.C11H10BrNO2.C8H6F3NO3.C8H8F3NO.CH4.BBr3.Zn/c1-17-13-25(23-9-4-5-10-24(23)32-17)33-19-14-18(28(29,30)31)15-20(16-19)37-12-6-11-34-26(35)21-7-2-3-8-22(21)27(34)36;1-11-7-17(15-5-3-4-6-16(15)22-11)23-13-8-12(18(19,20)21)9-14(10-13)24-2;1-10-6-16(14-4-2-3-5-15(14)21-10)22-12-7-11(17(18,19)20)8-13(23)9-12;12-6-3-7-13-10(14)8-4-1-2-5-9(8)11(13)15;1-15-7-3-5(8(9,10)11)2-6(4-7)12(13)14;1-13-7-3-5(8(9,10)11)2-6(12)4-7;;2-1(3)4;/h2-5,7-10,13-16H,6,11-12H2,1H3,(H,32,33);3-10H,1-2H3,(H,22,23);2-9,23H,1H3,(H,21,22);1-2,4-5H,3,6-7H2;2-4H,1H3;2-4H,12H2,1H3;1H4;;. The molecular formula is C91H78BBr4F15N10O11Zn. The molecule has 0 saturated carbocycles. The summed E-state index contributed by atoms with van der Waals surface area (Å²) in [6.07, 6.45) is -21.5. The number of amides is 4. The minimum Gasteiger partial charge on any atom is -0.508 e. The summed E-state index contributed by atoms with van der Waals surface area (Å²) in [6.45, 7) is 6.06. The Labute approximate surface area is 797 Å². The van der Waals surface area contributed by atoms with Gasteiger partial charge in [-0.05, 0) is 149 Å². The van der Waals surface area contributed by atoms with Gasteiger partial charge >= 0.3 is 34.1 Å². The first kappa shape index (κ1) is 108. The number of nitro benzene ring substituents is 1. The molecule has 0 fully saturated rings. The van der Waals surface area contributed by atoms with Crippen molar-refractivity contribution in [1.29, 1.82) is 0 Å². The predicted octanol–water partition coefficient (Wildman–Crippen LogP) is 26.5. The number of imide groups is 2. The number of nitro groups is 1. The number of nitrogens with zero attached hydrogens (tertiary/aromatic N) is 6. The molecule has 21 nitrogen and oxygen atoms in total. The molecule has 0 bridgehead atoms. The molecule has 13 aromatic rings. The average Bonchev–Trinajstić information content (AvgIpc) is 1.68. The molecule has 6 N–H and O–H groups in total. The molecule has 3 aromatic heterocycles. The third kappa shape index (κ3) is 30.4. The van der Waals surface area contributed by atoms with Crippen molar-refractivity contribution in [2.24, 2.45) is 0 Å². The Morgan fingerprint density at radius 3 is 1.06 bits per heavy atom. The van der Waals surface area contributed by atoms with E-state index in [4.69, 9.17) is 15.2 Å². The number of rotatable bonds is 18. The van der Waals surface area contributed by atoms with Crippen molar-refractivity contribution in [3.63, 3.8) is 0 Å². The number of non-ortho nitro benzene ring substituents is 1. The molecule has 4 amide bonds. The van der Waals surface area contributed by atoms with Gasteiger partial charge in [-0.3, -0.25) is 54.0 Å². The summed E-state index contributed by atoms with van der Waals surface area (Å²) in [6, 6.07) is 56.1. The van der Waals surface area contributed by atoms with E-state index in [1.54, 1.807) is 73.7 Å². The SMILES string of the molecule is BrB(Br)Br.C.COc1cc(N)cc(C(F)(F)F)c1.COc1cc(Nc2cc(C)nc3ccccc23)cc(C(F)(F)F)c1.COc1cc([N+](=O)[O-])cc(C(F)(F)F)c1.Cc1cc(Nc2cc(O)cc(C(F)(F)F)c2)c2ccccc2n1.Cc1cc(Nc2cc(OCCCN3C(=O)c4ccccc4C3=O)cc(C(F)(F)F)c2)c2ccccc2n1.O=C1c2ccccc2C(=O)N1CCCBr.[Zn]. The number of benzene rings is 10. The van der Waals surface area contributed by atoms with Gasteiger partial charge in [0, 0.05) is 141 Å². The summed E-state index contributed by atoms with van der Waals surface area (Å²) in [4.78, 5) is 73.7. The number of phenols is 1.